The molecule has 0 saturated heterocycles. The van der Waals surface area contributed by atoms with Gasteiger partial charge in [-0.15, -0.1) is 10.2 Å². The first-order valence-corrected chi connectivity index (χ1v) is 9.79. The van der Waals surface area contributed by atoms with Crippen molar-refractivity contribution in [3.05, 3.63) is 59.0 Å². The number of rotatable bonds is 6. The lowest BCUT2D eigenvalue weighted by Gasteiger charge is -2.20. The van der Waals surface area contributed by atoms with Crippen LogP contribution in [-0.4, -0.2) is 21.2 Å². The zero-order chi connectivity index (χ0) is 21.1. The van der Waals surface area contributed by atoms with Gasteiger partial charge in [0.25, 0.3) is 0 Å². The Labute approximate surface area is 168 Å². The molecule has 158 valence electrons. The van der Waals surface area contributed by atoms with Crippen molar-refractivity contribution in [1.29, 1.82) is 0 Å². The van der Waals surface area contributed by atoms with E-state index in [4.69, 9.17) is 4.74 Å². The fourth-order valence-electron chi connectivity index (χ4n) is 3.87. The van der Waals surface area contributed by atoms with Gasteiger partial charge in [0.1, 0.15) is 28.8 Å². The summed E-state index contributed by atoms with van der Waals surface area (Å²) in [6.07, 6.45) is 0.570. The van der Waals surface area contributed by atoms with Gasteiger partial charge in [0.2, 0.25) is 0 Å². The monoisotopic (exact) mass is 423 g/mol. The van der Waals surface area contributed by atoms with E-state index in [1.54, 1.807) is 0 Å². The minimum Gasteiger partial charge on any atom is -0.492 e. The first kappa shape index (κ1) is 19.3. The van der Waals surface area contributed by atoms with Crippen LogP contribution in [0.5, 0.6) is 5.75 Å². The van der Waals surface area contributed by atoms with E-state index in [2.05, 4.69) is 10.2 Å². The number of benzene rings is 1. The van der Waals surface area contributed by atoms with Crippen molar-refractivity contribution < 1.29 is 26.7 Å². The van der Waals surface area contributed by atoms with Crippen molar-refractivity contribution in [1.82, 2.24) is 14.6 Å². The molecule has 5 rings (SSSR count). The Bertz CT molecular complexity index is 1120. The predicted octanol–water partition coefficient (Wildman–Crippen LogP) is 5.09. The summed E-state index contributed by atoms with van der Waals surface area (Å²) in [5, 5.41) is 7.73. The summed E-state index contributed by atoms with van der Waals surface area (Å²) in [5.41, 5.74) is -1.78. The molecule has 2 heterocycles. The molecule has 0 aliphatic heterocycles. The molecular formula is C21H18F5N3O. The minimum atomic E-state index is -4.69. The summed E-state index contributed by atoms with van der Waals surface area (Å²) in [5.74, 6) is -0.842. The number of ether oxygens (including phenoxy) is 1. The second-order valence-electron chi connectivity index (χ2n) is 8.20. The highest BCUT2D eigenvalue weighted by Crippen LogP contribution is 2.50. The van der Waals surface area contributed by atoms with Gasteiger partial charge in [0, 0.05) is 24.1 Å². The van der Waals surface area contributed by atoms with Crippen molar-refractivity contribution in [2.45, 2.75) is 43.7 Å². The lowest BCUT2D eigenvalue weighted by Crippen LogP contribution is -2.21. The molecule has 0 amide bonds. The maximum absolute atomic E-state index is 14.2. The van der Waals surface area contributed by atoms with Crippen LogP contribution in [0.2, 0.25) is 0 Å². The van der Waals surface area contributed by atoms with Crippen molar-refractivity contribution in [3.63, 3.8) is 0 Å². The van der Waals surface area contributed by atoms with E-state index in [1.807, 2.05) is 0 Å². The minimum absolute atomic E-state index is 0.141. The molecule has 2 fully saturated rings. The highest BCUT2D eigenvalue weighted by Gasteiger charge is 2.48. The average molecular weight is 423 g/mol. The van der Waals surface area contributed by atoms with Gasteiger partial charge in [-0.1, -0.05) is 6.07 Å². The van der Waals surface area contributed by atoms with Crippen molar-refractivity contribution in [3.8, 4) is 5.75 Å². The van der Waals surface area contributed by atoms with E-state index in [-0.39, 0.29) is 23.6 Å². The Kier molecular flexibility index (Phi) is 4.27. The summed E-state index contributed by atoms with van der Waals surface area (Å²) in [7, 11) is 0. The van der Waals surface area contributed by atoms with Crippen LogP contribution in [0.1, 0.15) is 42.6 Å². The third kappa shape index (κ3) is 3.40. The fraction of sp³-hybridized carbons (Fsp3) is 0.429. The van der Waals surface area contributed by atoms with E-state index >= 15 is 0 Å². The lowest BCUT2D eigenvalue weighted by molar-refractivity contribution is -0.138. The number of pyridine rings is 1. The van der Waals surface area contributed by atoms with Crippen LogP contribution >= 0.6 is 0 Å². The van der Waals surface area contributed by atoms with Gasteiger partial charge in [-0.25, -0.2) is 8.78 Å². The van der Waals surface area contributed by atoms with E-state index in [1.165, 1.54) is 22.7 Å². The Morgan fingerprint density at radius 1 is 1.10 bits per heavy atom. The van der Waals surface area contributed by atoms with Gasteiger partial charge in [-0.2, -0.15) is 13.2 Å². The third-order valence-electron chi connectivity index (χ3n) is 5.92. The fourth-order valence-corrected chi connectivity index (χ4v) is 3.87. The second kappa shape index (κ2) is 6.65. The predicted molar refractivity (Wildman–Crippen MR) is 97.2 cm³/mol. The largest absolute Gasteiger partial charge is 0.492 e. The lowest BCUT2D eigenvalue weighted by atomic mass is 9.96. The normalized spacial score (nSPS) is 18.0. The molecule has 4 nitrogen and oxygen atoms in total. The molecule has 0 N–H and O–H groups in total. The standard InChI is InChI=1S/C21H18F5N3O/c22-13-3-4-14(15(23)10-13)20(6-7-20)11-30-16-5-8-29-17(9-12-1-2-12)27-28-19(29)18(16)21(24,25)26/h3-5,8,10,12H,1-2,6-7,9,11H2. The van der Waals surface area contributed by atoms with Crippen molar-refractivity contribution in [2.24, 2.45) is 5.92 Å². The quantitative estimate of drug-likeness (QED) is 0.519. The van der Waals surface area contributed by atoms with E-state index in [0.29, 0.717) is 31.0 Å². The van der Waals surface area contributed by atoms with Gasteiger partial charge in [0.15, 0.2) is 5.65 Å². The number of aromatic nitrogens is 3. The van der Waals surface area contributed by atoms with Crippen LogP contribution in [0.3, 0.4) is 0 Å². The van der Waals surface area contributed by atoms with Crippen LogP contribution in [-0.2, 0) is 18.0 Å². The molecule has 0 atom stereocenters. The maximum Gasteiger partial charge on any atom is 0.423 e. The van der Waals surface area contributed by atoms with Gasteiger partial charge in [0.05, 0.1) is 6.61 Å². The molecule has 0 bridgehead atoms. The summed E-state index contributed by atoms with van der Waals surface area (Å²) < 4.78 is 76.0. The van der Waals surface area contributed by atoms with Gasteiger partial charge >= 0.3 is 6.18 Å². The van der Waals surface area contributed by atoms with Crippen molar-refractivity contribution >= 4 is 5.65 Å². The summed E-state index contributed by atoms with van der Waals surface area (Å²) >= 11 is 0. The highest BCUT2D eigenvalue weighted by molar-refractivity contribution is 5.57. The molecule has 1 aromatic carbocycles. The Balaban J connectivity index is 1.46. The number of fused-ring (bicyclic) bond motifs is 1. The Morgan fingerprint density at radius 3 is 2.50 bits per heavy atom. The van der Waals surface area contributed by atoms with E-state index in [9.17, 15) is 22.0 Å². The van der Waals surface area contributed by atoms with Gasteiger partial charge in [-0.3, -0.25) is 4.40 Å². The smallest absolute Gasteiger partial charge is 0.423 e. The van der Waals surface area contributed by atoms with Crippen LogP contribution in [0.15, 0.2) is 30.5 Å². The summed E-state index contributed by atoms with van der Waals surface area (Å²) in [6, 6.07) is 4.51. The summed E-state index contributed by atoms with van der Waals surface area (Å²) in [4.78, 5) is 0. The SMILES string of the molecule is Fc1ccc(C2(COc3ccn4c(CC5CC5)nnc4c3C(F)(F)F)CC2)c(F)c1. The molecule has 2 aromatic heterocycles. The van der Waals surface area contributed by atoms with Crippen LogP contribution < -0.4 is 4.74 Å². The maximum atomic E-state index is 14.2. The van der Waals surface area contributed by atoms with Crippen LogP contribution in [0.25, 0.3) is 5.65 Å². The van der Waals surface area contributed by atoms with Crippen LogP contribution in [0.4, 0.5) is 22.0 Å². The molecule has 30 heavy (non-hydrogen) atoms. The Morgan fingerprint density at radius 2 is 1.87 bits per heavy atom. The number of halogens is 5. The molecule has 9 heteroatoms. The van der Waals surface area contributed by atoms with Crippen LogP contribution in [0, 0.1) is 17.6 Å². The second-order valence-corrected chi connectivity index (χ2v) is 8.20. The molecule has 2 saturated carbocycles. The number of hydrogen-bond donors (Lipinski definition) is 0. The highest BCUT2D eigenvalue weighted by atomic mass is 19.4. The molecule has 0 radical (unpaired) electrons. The average Bonchev–Trinajstić information content (AvgIpc) is 3.59. The number of nitrogens with zero attached hydrogens (tertiary/aromatic N) is 3. The molecule has 3 aromatic rings. The molecule has 0 spiro atoms. The van der Waals surface area contributed by atoms with Crippen molar-refractivity contribution in [2.75, 3.05) is 6.61 Å². The molecule has 2 aliphatic rings. The number of alkyl halides is 3. The van der Waals surface area contributed by atoms with E-state index < -0.39 is 28.8 Å². The molecule has 2 aliphatic carbocycles. The third-order valence-corrected chi connectivity index (χ3v) is 5.92. The molecular weight excluding hydrogens is 405 g/mol. The number of hydrogen-bond acceptors (Lipinski definition) is 3. The zero-order valence-electron chi connectivity index (χ0n) is 15.8. The molecule has 0 unspecified atom stereocenters. The topological polar surface area (TPSA) is 39.4 Å². The van der Waals surface area contributed by atoms with E-state index in [0.717, 1.165) is 25.0 Å². The summed E-state index contributed by atoms with van der Waals surface area (Å²) in [6.45, 7) is -0.141. The van der Waals surface area contributed by atoms with Gasteiger partial charge < -0.3 is 4.74 Å². The van der Waals surface area contributed by atoms with Gasteiger partial charge in [-0.05, 0) is 49.3 Å². The first-order chi connectivity index (χ1) is 14.3. The zero-order valence-corrected chi connectivity index (χ0v) is 15.8. The first-order valence-electron chi connectivity index (χ1n) is 9.79. The Hall–Kier alpha value is -2.71.